The third kappa shape index (κ3) is 1.46. The van der Waals surface area contributed by atoms with Crippen LogP contribution in [0.15, 0.2) is 12.1 Å². The first-order valence-corrected chi connectivity index (χ1v) is 4.75. The molecule has 0 spiro atoms. The Hall–Kier alpha value is -0.890. The molecule has 1 aromatic rings. The summed E-state index contributed by atoms with van der Waals surface area (Å²) < 4.78 is 13.1. The molecule has 0 bridgehead atoms. The molecule has 0 fully saturated rings. The summed E-state index contributed by atoms with van der Waals surface area (Å²) >= 11 is 0. The highest BCUT2D eigenvalue weighted by Gasteiger charge is 2.17. The van der Waals surface area contributed by atoms with Crippen LogP contribution >= 0.6 is 0 Å². The molecule has 70 valence electrons. The Kier molecular flexibility index (Phi) is 2.08. The number of nitrogens with two attached hydrogens (primary N) is 1. The molecule has 0 aromatic heterocycles. The summed E-state index contributed by atoms with van der Waals surface area (Å²) in [5, 5.41) is 0. The molecule has 0 saturated heterocycles. The number of hydrogen-bond acceptors (Lipinski definition) is 1. The lowest BCUT2D eigenvalue weighted by atomic mass is 9.98. The molecule has 0 heterocycles. The molecule has 1 unspecified atom stereocenters. The first-order chi connectivity index (χ1) is 6.18. The molecule has 0 aliphatic heterocycles. The quantitative estimate of drug-likeness (QED) is 0.703. The van der Waals surface area contributed by atoms with E-state index in [0.29, 0.717) is 0 Å². The average Bonchev–Trinajstić information content (AvgIpc) is 2.49. The van der Waals surface area contributed by atoms with Crippen molar-refractivity contribution in [3.8, 4) is 0 Å². The highest BCUT2D eigenvalue weighted by Crippen LogP contribution is 2.29. The van der Waals surface area contributed by atoms with Crippen LogP contribution < -0.4 is 5.73 Å². The second-order valence-electron chi connectivity index (χ2n) is 3.77. The van der Waals surface area contributed by atoms with E-state index in [4.69, 9.17) is 5.73 Å². The van der Waals surface area contributed by atoms with E-state index in [9.17, 15) is 4.39 Å². The van der Waals surface area contributed by atoms with Crippen LogP contribution in [0, 0.1) is 5.82 Å². The van der Waals surface area contributed by atoms with Gasteiger partial charge in [-0.15, -0.1) is 0 Å². The molecule has 2 rings (SSSR count). The monoisotopic (exact) mass is 179 g/mol. The largest absolute Gasteiger partial charge is 0.324 e. The molecule has 1 aromatic carbocycles. The Labute approximate surface area is 77.8 Å². The van der Waals surface area contributed by atoms with Gasteiger partial charge in [-0.25, -0.2) is 4.39 Å². The summed E-state index contributed by atoms with van der Waals surface area (Å²) in [5.41, 5.74) is 9.23. The molecular formula is C11H14FN. The zero-order valence-electron chi connectivity index (χ0n) is 7.81. The fourth-order valence-corrected chi connectivity index (χ4v) is 2.11. The van der Waals surface area contributed by atoms with Crippen molar-refractivity contribution in [2.45, 2.75) is 32.2 Å². The van der Waals surface area contributed by atoms with E-state index in [0.717, 1.165) is 30.4 Å². The number of rotatable bonds is 1. The fraction of sp³-hybridized carbons (Fsp3) is 0.455. The number of hydrogen-bond donors (Lipinski definition) is 1. The Balaban J connectivity index is 2.55. The van der Waals surface area contributed by atoms with Gasteiger partial charge >= 0.3 is 0 Å². The molecule has 1 aliphatic rings. The molecule has 2 N–H and O–H groups in total. The Morgan fingerprint density at radius 2 is 2.15 bits per heavy atom. The standard InChI is InChI=1S/C11H14FN/c1-7(13)11-6-9(12)5-8-3-2-4-10(8)11/h5-7H,2-4,13H2,1H3. The summed E-state index contributed by atoms with van der Waals surface area (Å²) in [5.74, 6) is -0.145. The SMILES string of the molecule is CC(N)c1cc(F)cc2c1CCC2. The van der Waals surface area contributed by atoms with Gasteiger partial charge in [0, 0.05) is 6.04 Å². The van der Waals surface area contributed by atoms with E-state index >= 15 is 0 Å². The van der Waals surface area contributed by atoms with E-state index in [2.05, 4.69) is 0 Å². The molecule has 13 heavy (non-hydrogen) atoms. The molecule has 1 atom stereocenters. The van der Waals surface area contributed by atoms with Crippen molar-refractivity contribution in [3.63, 3.8) is 0 Å². The Morgan fingerprint density at radius 1 is 1.38 bits per heavy atom. The zero-order valence-corrected chi connectivity index (χ0v) is 7.81. The zero-order chi connectivity index (χ0) is 9.42. The summed E-state index contributed by atoms with van der Waals surface area (Å²) in [6.45, 7) is 1.91. The van der Waals surface area contributed by atoms with Crippen molar-refractivity contribution >= 4 is 0 Å². The molecule has 2 heteroatoms. The maximum absolute atomic E-state index is 13.1. The lowest BCUT2D eigenvalue weighted by Gasteiger charge is -2.11. The van der Waals surface area contributed by atoms with Gasteiger partial charge in [0.25, 0.3) is 0 Å². The predicted molar refractivity (Wildman–Crippen MR) is 51.0 cm³/mol. The topological polar surface area (TPSA) is 26.0 Å². The molecular weight excluding hydrogens is 165 g/mol. The second kappa shape index (κ2) is 3.11. The van der Waals surface area contributed by atoms with Gasteiger partial charge in [-0.05, 0) is 55.0 Å². The van der Waals surface area contributed by atoms with Gasteiger partial charge in [-0.3, -0.25) is 0 Å². The third-order valence-electron chi connectivity index (χ3n) is 2.71. The summed E-state index contributed by atoms with van der Waals surface area (Å²) in [6.07, 6.45) is 3.21. The van der Waals surface area contributed by atoms with Crippen LogP contribution in [-0.4, -0.2) is 0 Å². The summed E-state index contributed by atoms with van der Waals surface area (Å²) in [6, 6.07) is 3.17. The minimum absolute atomic E-state index is 0.0532. The normalized spacial score (nSPS) is 17.2. The van der Waals surface area contributed by atoms with Crippen molar-refractivity contribution in [3.05, 3.63) is 34.6 Å². The van der Waals surface area contributed by atoms with Gasteiger partial charge in [0.1, 0.15) is 5.82 Å². The average molecular weight is 179 g/mol. The number of fused-ring (bicyclic) bond motifs is 1. The summed E-state index contributed by atoms with van der Waals surface area (Å²) in [7, 11) is 0. The van der Waals surface area contributed by atoms with Crippen molar-refractivity contribution < 1.29 is 4.39 Å². The number of aryl methyl sites for hydroxylation is 1. The van der Waals surface area contributed by atoms with Crippen LogP contribution in [0.3, 0.4) is 0 Å². The lowest BCUT2D eigenvalue weighted by molar-refractivity contribution is 0.619. The Bertz CT molecular complexity index is 331. The van der Waals surface area contributed by atoms with Crippen LogP contribution in [0.2, 0.25) is 0 Å². The molecule has 0 amide bonds. The minimum Gasteiger partial charge on any atom is -0.324 e. The van der Waals surface area contributed by atoms with E-state index < -0.39 is 0 Å². The Morgan fingerprint density at radius 3 is 2.85 bits per heavy atom. The number of halogens is 1. The first-order valence-electron chi connectivity index (χ1n) is 4.75. The molecule has 0 saturated carbocycles. The van der Waals surface area contributed by atoms with E-state index in [-0.39, 0.29) is 11.9 Å². The van der Waals surface area contributed by atoms with Gasteiger partial charge in [0.15, 0.2) is 0 Å². The van der Waals surface area contributed by atoms with Crippen molar-refractivity contribution in [1.29, 1.82) is 0 Å². The molecule has 1 aliphatic carbocycles. The van der Waals surface area contributed by atoms with Crippen LogP contribution in [0.1, 0.15) is 36.1 Å². The summed E-state index contributed by atoms with van der Waals surface area (Å²) in [4.78, 5) is 0. The van der Waals surface area contributed by atoms with Crippen molar-refractivity contribution in [2.75, 3.05) is 0 Å². The highest BCUT2D eigenvalue weighted by molar-refractivity contribution is 5.40. The third-order valence-corrected chi connectivity index (χ3v) is 2.71. The van der Waals surface area contributed by atoms with E-state index in [1.165, 1.54) is 5.56 Å². The smallest absolute Gasteiger partial charge is 0.123 e. The van der Waals surface area contributed by atoms with E-state index in [1.807, 2.05) is 6.92 Å². The van der Waals surface area contributed by atoms with Crippen LogP contribution in [0.4, 0.5) is 4.39 Å². The van der Waals surface area contributed by atoms with Crippen molar-refractivity contribution in [1.82, 2.24) is 0 Å². The predicted octanol–water partition coefficient (Wildman–Crippen LogP) is 2.33. The maximum Gasteiger partial charge on any atom is 0.123 e. The van der Waals surface area contributed by atoms with Crippen LogP contribution in [0.5, 0.6) is 0 Å². The molecule has 0 radical (unpaired) electrons. The fourth-order valence-electron chi connectivity index (χ4n) is 2.11. The lowest BCUT2D eigenvalue weighted by Crippen LogP contribution is -2.08. The van der Waals surface area contributed by atoms with Crippen molar-refractivity contribution in [2.24, 2.45) is 5.73 Å². The van der Waals surface area contributed by atoms with Gasteiger partial charge in [-0.1, -0.05) is 0 Å². The molecule has 1 nitrogen and oxygen atoms in total. The van der Waals surface area contributed by atoms with E-state index in [1.54, 1.807) is 12.1 Å². The highest BCUT2D eigenvalue weighted by atomic mass is 19.1. The van der Waals surface area contributed by atoms with Crippen LogP contribution in [0.25, 0.3) is 0 Å². The van der Waals surface area contributed by atoms with Gasteiger partial charge < -0.3 is 5.73 Å². The first kappa shape index (κ1) is 8.70. The van der Waals surface area contributed by atoms with Crippen LogP contribution in [-0.2, 0) is 12.8 Å². The maximum atomic E-state index is 13.1. The van der Waals surface area contributed by atoms with Gasteiger partial charge in [-0.2, -0.15) is 0 Å². The minimum atomic E-state index is -0.145. The second-order valence-corrected chi connectivity index (χ2v) is 3.77. The van der Waals surface area contributed by atoms with Gasteiger partial charge in [0.05, 0.1) is 0 Å². The van der Waals surface area contributed by atoms with Gasteiger partial charge in [0.2, 0.25) is 0 Å². The number of benzene rings is 1.